The lowest BCUT2D eigenvalue weighted by Gasteiger charge is -2.46. The number of imide groups is 1. The molecule has 75 heavy (non-hydrogen) atoms. The summed E-state index contributed by atoms with van der Waals surface area (Å²) >= 11 is 0. The normalized spacial score (nSPS) is 22.0. The highest BCUT2D eigenvalue weighted by Crippen LogP contribution is 2.66. The maximum atomic E-state index is 16.9. The van der Waals surface area contributed by atoms with Crippen molar-refractivity contribution in [1.29, 1.82) is 0 Å². The number of hydrogen-bond acceptors (Lipinski definition) is 12. The van der Waals surface area contributed by atoms with Gasteiger partial charge in [0.05, 0.1) is 52.1 Å². The monoisotopic (exact) mass is 1010 g/mol. The summed E-state index contributed by atoms with van der Waals surface area (Å²) in [4.78, 5) is 82.3. The lowest BCUT2D eigenvalue weighted by molar-refractivity contribution is -0.179. The smallest absolute Gasteiger partial charge is 0.329 e. The van der Waals surface area contributed by atoms with E-state index in [2.05, 4.69) is 17.2 Å². The first-order valence-corrected chi connectivity index (χ1v) is 24.8. The summed E-state index contributed by atoms with van der Waals surface area (Å²) in [5.41, 5.74) is 2.90. The molecule has 6 aromatic carbocycles. The van der Waals surface area contributed by atoms with Gasteiger partial charge >= 0.3 is 18.0 Å². The summed E-state index contributed by atoms with van der Waals surface area (Å²) < 4.78 is 28.5. The molecule has 382 valence electrons. The summed E-state index contributed by atoms with van der Waals surface area (Å²) in [6.07, 6.45) is -0.561. The van der Waals surface area contributed by atoms with Crippen LogP contribution in [-0.2, 0) is 47.0 Å². The van der Waals surface area contributed by atoms with E-state index >= 15 is 19.2 Å². The number of methoxy groups -OCH3 is 4. The molecule has 0 aliphatic carbocycles. The van der Waals surface area contributed by atoms with Crippen LogP contribution in [0.4, 0.5) is 10.5 Å². The Labute approximate surface area is 434 Å². The molecule has 2 fully saturated rings. The summed E-state index contributed by atoms with van der Waals surface area (Å²) in [6.45, 7) is 3.75. The third-order valence-corrected chi connectivity index (χ3v) is 15.0. The molecule has 10 rings (SSSR count). The Bertz CT molecular complexity index is 3250. The number of carbonyl (C=O) groups excluding carboxylic acids is 5. The number of amides is 4. The van der Waals surface area contributed by atoms with Crippen molar-refractivity contribution in [3.05, 3.63) is 184 Å². The fraction of sp³-hybridized carbons (Fsp3) is 0.283. The number of phenols is 1. The van der Waals surface area contributed by atoms with Crippen molar-refractivity contribution in [1.82, 2.24) is 15.1 Å². The summed E-state index contributed by atoms with van der Waals surface area (Å²) in [6, 6.07) is 35.4. The highest BCUT2D eigenvalue weighted by atomic mass is 16.6. The number of morpholine rings is 1. The minimum Gasteiger partial charge on any atom is -0.508 e. The second kappa shape index (κ2) is 20.4. The van der Waals surface area contributed by atoms with Crippen LogP contribution in [0.1, 0.15) is 76.5 Å². The molecule has 0 unspecified atom stereocenters. The molecule has 4 heterocycles. The number of nitrogens with zero attached hydrogens (tertiary/aromatic N) is 3. The molecule has 7 atom stereocenters. The fourth-order valence-corrected chi connectivity index (χ4v) is 11.5. The number of esters is 2. The number of rotatable bonds is 10. The van der Waals surface area contributed by atoms with Crippen LogP contribution in [-0.4, -0.2) is 91.8 Å². The van der Waals surface area contributed by atoms with Gasteiger partial charge in [0, 0.05) is 24.2 Å². The maximum Gasteiger partial charge on any atom is 0.329 e. The fourth-order valence-electron chi connectivity index (χ4n) is 11.5. The molecular weight excluding hydrogens is 953 g/mol. The zero-order valence-electron chi connectivity index (χ0n) is 42.3. The molecule has 4 amide bonds. The van der Waals surface area contributed by atoms with Gasteiger partial charge in [0.15, 0.2) is 11.5 Å². The van der Waals surface area contributed by atoms with Crippen LogP contribution in [0.2, 0.25) is 0 Å². The van der Waals surface area contributed by atoms with E-state index in [1.807, 2.05) is 89.8 Å². The molecular formula is C60H56N4O11. The van der Waals surface area contributed by atoms with E-state index in [-0.39, 0.29) is 30.1 Å². The largest absolute Gasteiger partial charge is 0.508 e. The maximum absolute atomic E-state index is 16.9. The number of urea groups is 1. The zero-order valence-corrected chi connectivity index (χ0v) is 42.3. The standard InChI is InChI=1S/C60H56N4O11/c1-35(2)50(56(67)74-6)61-59(70)63-46-28-21-37(18-17-36-19-26-44(71-3)27-20-36)31-45(46)60(58(63)69)49(55(66)62-30-29-41-32-47(72-4)48(73-5)33-42(41)34-62)52-57(68)75-53(39-15-11-8-12-16-39)51(38-13-9-7-10-14-38)64(52)54(60)40-22-24-43(65)25-23-40/h7-16,19-28,31-33,35,49-54,65H,29-30,34H2,1-6H3,(H,61,70)/t49-,50+,51-,52-,53+,54+,60-/m1/s1. The van der Waals surface area contributed by atoms with Gasteiger partial charge in [-0.25, -0.2) is 14.5 Å². The molecule has 4 aliphatic heterocycles. The molecule has 6 aromatic rings. The van der Waals surface area contributed by atoms with Crippen LogP contribution >= 0.6 is 0 Å². The molecule has 15 nitrogen and oxygen atoms in total. The first kappa shape index (κ1) is 49.9. The number of carbonyl (C=O) groups is 5. The first-order chi connectivity index (χ1) is 36.3. The van der Waals surface area contributed by atoms with E-state index in [1.165, 1.54) is 26.4 Å². The molecule has 15 heteroatoms. The number of nitrogens with one attached hydrogen (secondary N) is 1. The number of hydrogen-bond donors (Lipinski definition) is 2. The van der Waals surface area contributed by atoms with Gasteiger partial charge in [-0.15, -0.1) is 0 Å². The minimum absolute atomic E-state index is 0.0633. The number of phenolic OH excluding ortho intramolecular Hbond substituents is 1. The number of aromatic hydroxyl groups is 1. The van der Waals surface area contributed by atoms with Crippen molar-refractivity contribution < 1.29 is 52.8 Å². The van der Waals surface area contributed by atoms with Gasteiger partial charge in [-0.3, -0.25) is 19.3 Å². The van der Waals surface area contributed by atoms with Crippen molar-refractivity contribution in [2.45, 2.75) is 62.5 Å². The van der Waals surface area contributed by atoms with Crippen molar-refractivity contribution >= 4 is 35.5 Å². The van der Waals surface area contributed by atoms with Crippen molar-refractivity contribution in [3.63, 3.8) is 0 Å². The molecule has 1 spiro atoms. The number of fused-ring (bicyclic) bond motifs is 4. The summed E-state index contributed by atoms with van der Waals surface area (Å²) in [7, 11) is 5.88. The lowest BCUT2D eigenvalue weighted by atomic mass is 9.64. The van der Waals surface area contributed by atoms with Crippen LogP contribution in [0.15, 0.2) is 140 Å². The van der Waals surface area contributed by atoms with Gasteiger partial charge < -0.3 is 39.0 Å². The molecule has 4 aliphatic rings. The molecule has 0 bridgehead atoms. The average Bonchev–Trinajstić information content (AvgIpc) is 4.03. The SMILES string of the molecule is COC(=O)[C@@H](NC(=O)N1C(=O)[C@@]2(c3cc(C#Cc4ccc(OC)cc4)ccc31)[C@H](c1ccc(O)cc1)N1[C@H](c3ccccc3)[C@H](c3ccccc3)OC(=O)[C@H]1[C@@H]2C(=O)N1CCc2cc(OC)c(OC)cc2C1)C(C)C. The van der Waals surface area contributed by atoms with Gasteiger partial charge in [-0.05, 0) is 112 Å². The highest BCUT2D eigenvalue weighted by Gasteiger charge is 2.76. The Kier molecular flexibility index (Phi) is 13.6. The Morgan fingerprint density at radius 3 is 1.97 bits per heavy atom. The van der Waals surface area contributed by atoms with Gasteiger partial charge in [0.25, 0.3) is 0 Å². The van der Waals surface area contributed by atoms with Gasteiger partial charge in [-0.2, -0.15) is 0 Å². The van der Waals surface area contributed by atoms with E-state index in [0.717, 1.165) is 21.6 Å². The third-order valence-electron chi connectivity index (χ3n) is 15.0. The molecule has 0 radical (unpaired) electrons. The van der Waals surface area contributed by atoms with E-state index in [0.29, 0.717) is 45.9 Å². The quantitative estimate of drug-likeness (QED) is 0.100. The van der Waals surface area contributed by atoms with Crippen molar-refractivity contribution in [2.75, 3.05) is 39.9 Å². The predicted molar refractivity (Wildman–Crippen MR) is 277 cm³/mol. The molecule has 0 aromatic heterocycles. The van der Waals surface area contributed by atoms with E-state index in [1.54, 1.807) is 75.4 Å². The number of cyclic esters (lactones) is 1. The van der Waals surface area contributed by atoms with E-state index in [9.17, 15) is 9.90 Å². The second-order valence-corrected chi connectivity index (χ2v) is 19.4. The number of anilines is 1. The van der Waals surface area contributed by atoms with E-state index in [4.69, 9.17) is 23.7 Å². The van der Waals surface area contributed by atoms with Gasteiger partial charge in [0.1, 0.15) is 35.1 Å². The molecule has 2 saturated heterocycles. The molecule has 0 saturated carbocycles. The molecule has 2 N–H and O–H groups in total. The Morgan fingerprint density at radius 1 is 0.720 bits per heavy atom. The Morgan fingerprint density at radius 2 is 1.35 bits per heavy atom. The summed E-state index contributed by atoms with van der Waals surface area (Å²) in [5, 5.41) is 13.7. The third kappa shape index (κ3) is 8.64. The topological polar surface area (TPSA) is 173 Å². The van der Waals surface area contributed by atoms with Crippen LogP contribution in [0.5, 0.6) is 23.0 Å². The number of ether oxygens (including phenoxy) is 5. The van der Waals surface area contributed by atoms with E-state index < -0.39 is 77.3 Å². The Hall–Kier alpha value is -8.61. The van der Waals surface area contributed by atoms with Gasteiger partial charge in [-0.1, -0.05) is 98.5 Å². The van der Waals surface area contributed by atoms with Crippen LogP contribution in [0.25, 0.3) is 0 Å². The first-order valence-electron chi connectivity index (χ1n) is 24.8. The van der Waals surface area contributed by atoms with Crippen LogP contribution in [0, 0.1) is 23.7 Å². The summed E-state index contributed by atoms with van der Waals surface area (Å²) in [5.74, 6) is 3.16. The Balaban J connectivity index is 1.26. The van der Waals surface area contributed by atoms with Crippen LogP contribution < -0.4 is 24.4 Å². The number of benzene rings is 6. The predicted octanol–water partition coefficient (Wildman–Crippen LogP) is 7.98. The van der Waals surface area contributed by atoms with Crippen LogP contribution in [0.3, 0.4) is 0 Å². The average molecular weight is 1010 g/mol. The minimum atomic E-state index is -2.13. The highest BCUT2D eigenvalue weighted by molar-refractivity contribution is 6.25. The second-order valence-electron chi connectivity index (χ2n) is 19.4. The lowest BCUT2D eigenvalue weighted by Crippen LogP contribution is -2.58. The van der Waals surface area contributed by atoms with Gasteiger partial charge in [0.2, 0.25) is 11.8 Å². The van der Waals surface area contributed by atoms with Crippen molar-refractivity contribution in [3.8, 4) is 34.8 Å². The van der Waals surface area contributed by atoms with Crippen molar-refractivity contribution in [2.24, 2.45) is 11.8 Å². The zero-order chi connectivity index (χ0) is 52.7.